The summed E-state index contributed by atoms with van der Waals surface area (Å²) in [5, 5.41) is 0. The quantitative estimate of drug-likeness (QED) is 0.756. The molecule has 0 unspecified atom stereocenters. The molecule has 14 heavy (non-hydrogen) atoms. The van der Waals surface area contributed by atoms with E-state index < -0.39 is 0 Å². The van der Waals surface area contributed by atoms with Crippen LogP contribution in [0.5, 0.6) is 0 Å². The zero-order chi connectivity index (χ0) is 9.97. The van der Waals surface area contributed by atoms with Crippen LogP contribution in [0.15, 0.2) is 18.3 Å². The second-order valence-electron chi connectivity index (χ2n) is 4.05. The van der Waals surface area contributed by atoms with Crippen LogP contribution < -0.4 is 5.73 Å². The molecule has 0 spiro atoms. The van der Waals surface area contributed by atoms with Gasteiger partial charge in [-0.15, -0.1) is 0 Å². The van der Waals surface area contributed by atoms with Gasteiger partial charge in [0.2, 0.25) is 0 Å². The second-order valence-corrected chi connectivity index (χ2v) is 4.05. The summed E-state index contributed by atoms with van der Waals surface area (Å²) in [6, 6.07) is 4.45. The number of rotatable bonds is 2. The topological polar surface area (TPSA) is 42.2 Å². The molecule has 1 saturated heterocycles. The van der Waals surface area contributed by atoms with Crippen molar-refractivity contribution in [2.75, 3.05) is 13.1 Å². The van der Waals surface area contributed by atoms with Crippen molar-refractivity contribution in [2.24, 2.45) is 5.73 Å². The van der Waals surface area contributed by atoms with E-state index in [9.17, 15) is 0 Å². The molecule has 1 aromatic heterocycles. The summed E-state index contributed by atoms with van der Waals surface area (Å²) in [6.45, 7) is 5.17. The van der Waals surface area contributed by atoms with Gasteiger partial charge >= 0.3 is 0 Å². The standard InChI is InChI=1S/C11H17N3/c1-9-3-2-5-13-11(9)8-14-6-4-10(12)7-14/h2-3,5,10H,4,6-8,12H2,1H3/t10-/m1/s1. The molecule has 0 aromatic carbocycles. The average molecular weight is 191 g/mol. The van der Waals surface area contributed by atoms with Crippen LogP contribution >= 0.6 is 0 Å². The lowest BCUT2D eigenvalue weighted by molar-refractivity contribution is 0.322. The molecule has 2 heterocycles. The third-order valence-corrected chi connectivity index (χ3v) is 2.80. The second kappa shape index (κ2) is 4.07. The first-order chi connectivity index (χ1) is 6.75. The summed E-state index contributed by atoms with van der Waals surface area (Å²) in [5.74, 6) is 0. The third kappa shape index (κ3) is 2.11. The Kier molecular flexibility index (Phi) is 2.79. The van der Waals surface area contributed by atoms with E-state index in [1.54, 1.807) is 0 Å². The molecule has 2 rings (SSSR count). The Morgan fingerprint density at radius 2 is 2.50 bits per heavy atom. The zero-order valence-corrected chi connectivity index (χ0v) is 8.61. The maximum Gasteiger partial charge on any atom is 0.0573 e. The lowest BCUT2D eigenvalue weighted by Gasteiger charge is -2.15. The third-order valence-electron chi connectivity index (χ3n) is 2.80. The van der Waals surface area contributed by atoms with Gasteiger partial charge in [0.1, 0.15) is 0 Å². The van der Waals surface area contributed by atoms with Crippen molar-refractivity contribution in [3.8, 4) is 0 Å². The lowest BCUT2D eigenvalue weighted by Crippen LogP contribution is -2.26. The molecule has 0 bridgehead atoms. The van der Waals surface area contributed by atoms with Crippen LogP contribution in [0.2, 0.25) is 0 Å². The Bertz CT molecular complexity index is 311. The number of hydrogen-bond donors (Lipinski definition) is 1. The van der Waals surface area contributed by atoms with E-state index in [0.29, 0.717) is 6.04 Å². The molecular weight excluding hydrogens is 174 g/mol. The fourth-order valence-electron chi connectivity index (χ4n) is 1.90. The molecule has 0 aliphatic carbocycles. The molecular formula is C11H17N3. The Balaban J connectivity index is 2.01. The van der Waals surface area contributed by atoms with Crippen molar-refractivity contribution in [1.82, 2.24) is 9.88 Å². The minimum atomic E-state index is 0.360. The summed E-state index contributed by atoms with van der Waals surface area (Å²) in [6.07, 6.45) is 2.98. The molecule has 0 radical (unpaired) electrons. The number of nitrogens with zero attached hydrogens (tertiary/aromatic N) is 2. The molecule has 1 aliphatic heterocycles. The largest absolute Gasteiger partial charge is 0.326 e. The molecule has 0 amide bonds. The van der Waals surface area contributed by atoms with E-state index in [1.807, 2.05) is 12.3 Å². The minimum Gasteiger partial charge on any atom is -0.326 e. The van der Waals surface area contributed by atoms with Crippen LogP contribution in [0.1, 0.15) is 17.7 Å². The number of nitrogens with two attached hydrogens (primary N) is 1. The maximum absolute atomic E-state index is 5.85. The predicted molar refractivity (Wildman–Crippen MR) is 56.8 cm³/mol. The van der Waals surface area contributed by atoms with Crippen LogP contribution in [-0.4, -0.2) is 29.0 Å². The number of hydrogen-bond acceptors (Lipinski definition) is 3. The van der Waals surface area contributed by atoms with Crippen LogP contribution in [0.3, 0.4) is 0 Å². The average Bonchev–Trinajstić information content (AvgIpc) is 2.56. The van der Waals surface area contributed by atoms with Crippen molar-refractivity contribution < 1.29 is 0 Å². The number of likely N-dealkylation sites (tertiary alicyclic amines) is 1. The SMILES string of the molecule is Cc1cccnc1CN1CC[C@@H](N)C1. The van der Waals surface area contributed by atoms with Gasteiger partial charge in [0.05, 0.1) is 5.69 Å². The van der Waals surface area contributed by atoms with E-state index in [2.05, 4.69) is 22.9 Å². The van der Waals surface area contributed by atoms with Gasteiger partial charge in [0, 0.05) is 31.9 Å². The van der Waals surface area contributed by atoms with E-state index in [1.165, 1.54) is 11.3 Å². The van der Waals surface area contributed by atoms with Crippen molar-refractivity contribution in [3.05, 3.63) is 29.6 Å². The Morgan fingerprint density at radius 1 is 1.64 bits per heavy atom. The molecule has 76 valence electrons. The van der Waals surface area contributed by atoms with Gasteiger partial charge in [-0.1, -0.05) is 6.07 Å². The highest BCUT2D eigenvalue weighted by Crippen LogP contribution is 2.12. The maximum atomic E-state index is 5.85. The van der Waals surface area contributed by atoms with E-state index >= 15 is 0 Å². The molecule has 3 nitrogen and oxygen atoms in total. The van der Waals surface area contributed by atoms with Gasteiger partial charge in [-0.2, -0.15) is 0 Å². The van der Waals surface area contributed by atoms with Crippen LogP contribution in [0.25, 0.3) is 0 Å². The lowest BCUT2D eigenvalue weighted by atomic mass is 10.2. The monoisotopic (exact) mass is 191 g/mol. The van der Waals surface area contributed by atoms with Crippen LogP contribution in [0, 0.1) is 6.92 Å². The van der Waals surface area contributed by atoms with E-state index in [-0.39, 0.29) is 0 Å². The summed E-state index contributed by atoms with van der Waals surface area (Å²) in [4.78, 5) is 6.76. The van der Waals surface area contributed by atoms with Crippen LogP contribution in [0.4, 0.5) is 0 Å². The number of pyridine rings is 1. The fourth-order valence-corrected chi connectivity index (χ4v) is 1.90. The number of aromatic nitrogens is 1. The first kappa shape index (κ1) is 9.62. The van der Waals surface area contributed by atoms with E-state index in [0.717, 1.165) is 26.1 Å². The van der Waals surface area contributed by atoms with Crippen molar-refractivity contribution in [3.63, 3.8) is 0 Å². The molecule has 1 aromatic rings. The van der Waals surface area contributed by atoms with Gasteiger partial charge in [0.25, 0.3) is 0 Å². The van der Waals surface area contributed by atoms with Crippen molar-refractivity contribution in [2.45, 2.75) is 25.9 Å². The Hall–Kier alpha value is -0.930. The molecule has 0 saturated carbocycles. The first-order valence-corrected chi connectivity index (χ1v) is 5.14. The minimum absolute atomic E-state index is 0.360. The number of aryl methyl sites for hydroxylation is 1. The zero-order valence-electron chi connectivity index (χ0n) is 8.61. The van der Waals surface area contributed by atoms with Crippen LogP contribution in [-0.2, 0) is 6.54 Å². The fraction of sp³-hybridized carbons (Fsp3) is 0.545. The molecule has 1 aliphatic rings. The summed E-state index contributed by atoms with van der Waals surface area (Å²) in [7, 11) is 0. The highest BCUT2D eigenvalue weighted by molar-refractivity contribution is 5.17. The highest BCUT2D eigenvalue weighted by atomic mass is 15.2. The Labute approximate surface area is 84.9 Å². The molecule has 2 N–H and O–H groups in total. The molecule has 1 atom stereocenters. The van der Waals surface area contributed by atoms with Gasteiger partial charge in [0.15, 0.2) is 0 Å². The van der Waals surface area contributed by atoms with Gasteiger partial charge in [-0.25, -0.2) is 0 Å². The van der Waals surface area contributed by atoms with Gasteiger partial charge < -0.3 is 5.73 Å². The van der Waals surface area contributed by atoms with E-state index in [4.69, 9.17) is 5.73 Å². The highest BCUT2D eigenvalue weighted by Gasteiger charge is 2.19. The Morgan fingerprint density at radius 3 is 3.14 bits per heavy atom. The summed E-state index contributed by atoms with van der Waals surface area (Å²) in [5.41, 5.74) is 8.31. The first-order valence-electron chi connectivity index (χ1n) is 5.14. The summed E-state index contributed by atoms with van der Waals surface area (Å²) < 4.78 is 0. The van der Waals surface area contributed by atoms with Gasteiger partial charge in [-0.3, -0.25) is 9.88 Å². The predicted octanol–water partition coefficient (Wildman–Crippen LogP) is 0.923. The molecule has 3 heteroatoms. The summed E-state index contributed by atoms with van der Waals surface area (Å²) >= 11 is 0. The smallest absolute Gasteiger partial charge is 0.0573 e. The molecule has 1 fully saturated rings. The van der Waals surface area contributed by atoms with Gasteiger partial charge in [-0.05, 0) is 25.0 Å². The van der Waals surface area contributed by atoms with Crippen molar-refractivity contribution in [1.29, 1.82) is 0 Å². The normalized spacial score (nSPS) is 22.9. The van der Waals surface area contributed by atoms with Crippen molar-refractivity contribution >= 4 is 0 Å².